The molecule has 5 atom stereocenters. The molecule has 0 spiro atoms. The smallest absolute Gasteiger partial charge is 0.227 e. The third-order valence-electron chi connectivity index (χ3n) is 3.88. The lowest BCUT2D eigenvalue weighted by molar-refractivity contribution is -0.243. The van der Waals surface area contributed by atoms with E-state index in [0.29, 0.717) is 17.8 Å². The molecule has 1 aliphatic heterocycles. The second-order valence-electron chi connectivity index (χ2n) is 4.81. The molecule has 0 aliphatic carbocycles. The standard InChI is InChI=1S/C12H20N2O2/c1-8-9(2)11(4)15-12(10(8)3)16-14-6-5-13-7-14/h5-12H,1-4H3/t8?,9-,10?,11-,12-/m0/s1. The van der Waals surface area contributed by atoms with Crippen molar-refractivity contribution >= 4 is 0 Å². The molecular formula is C12H20N2O2. The summed E-state index contributed by atoms with van der Waals surface area (Å²) in [7, 11) is 0. The Hall–Kier alpha value is -1.03. The highest BCUT2D eigenvalue weighted by molar-refractivity contribution is 4.81. The lowest BCUT2D eigenvalue weighted by atomic mass is 9.79. The van der Waals surface area contributed by atoms with Gasteiger partial charge in [0.1, 0.15) is 6.33 Å². The molecule has 0 N–H and O–H groups in total. The molecule has 16 heavy (non-hydrogen) atoms. The van der Waals surface area contributed by atoms with Crippen molar-refractivity contribution < 1.29 is 9.57 Å². The van der Waals surface area contributed by atoms with Gasteiger partial charge in [0.2, 0.25) is 6.29 Å². The topological polar surface area (TPSA) is 36.3 Å². The molecule has 0 saturated carbocycles. The Morgan fingerprint density at radius 2 is 1.88 bits per heavy atom. The monoisotopic (exact) mass is 224 g/mol. The Morgan fingerprint density at radius 1 is 1.12 bits per heavy atom. The average Bonchev–Trinajstić information content (AvgIpc) is 2.76. The first kappa shape index (κ1) is 11.5. The predicted octanol–water partition coefficient (Wildman–Crippen LogP) is 1.96. The minimum absolute atomic E-state index is 0.185. The number of aromatic nitrogens is 2. The van der Waals surface area contributed by atoms with Crippen LogP contribution in [0.1, 0.15) is 27.7 Å². The molecule has 0 amide bonds. The van der Waals surface area contributed by atoms with Crippen LogP contribution in [0.3, 0.4) is 0 Å². The van der Waals surface area contributed by atoms with Crippen molar-refractivity contribution in [2.24, 2.45) is 17.8 Å². The highest BCUT2D eigenvalue weighted by Gasteiger charge is 2.38. The third-order valence-corrected chi connectivity index (χ3v) is 3.88. The van der Waals surface area contributed by atoms with Gasteiger partial charge in [-0.15, -0.1) is 0 Å². The molecule has 1 saturated heterocycles. The summed E-state index contributed by atoms with van der Waals surface area (Å²) >= 11 is 0. The summed E-state index contributed by atoms with van der Waals surface area (Å²) < 4.78 is 7.49. The maximum Gasteiger partial charge on any atom is 0.227 e. The lowest BCUT2D eigenvalue weighted by Crippen LogP contribution is -2.47. The van der Waals surface area contributed by atoms with E-state index in [1.54, 1.807) is 23.5 Å². The summed E-state index contributed by atoms with van der Waals surface area (Å²) in [4.78, 5) is 9.68. The number of hydrogen-bond donors (Lipinski definition) is 0. The van der Waals surface area contributed by atoms with Crippen LogP contribution >= 0.6 is 0 Å². The highest BCUT2D eigenvalue weighted by atomic mass is 16.8. The Balaban J connectivity index is 2.04. The minimum Gasteiger partial charge on any atom is -0.381 e. The normalized spacial score (nSPS) is 39.6. The molecule has 0 aromatic carbocycles. The first-order valence-electron chi connectivity index (χ1n) is 5.90. The van der Waals surface area contributed by atoms with Crippen LogP contribution in [0.5, 0.6) is 0 Å². The summed E-state index contributed by atoms with van der Waals surface area (Å²) in [6, 6.07) is 0. The van der Waals surface area contributed by atoms with Crippen LogP contribution in [0, 0.1) is 17.8 Å². The fourth-order valence-electron chi connectivity index (χ4n) is 2.16. The quantitative estimate of drug-likeness (QED) is 0.770. The zero-order valence-corrected chi connectivity index (χ0v) is 10.3. The summed E-state index contributed by atoms with van der Waals surface area (Å²) in [6.07, 6.45) is 5.17. The first-order valence-corrected chi connectivity index (χ1v) is 5.90. The van der Waals surface area contributed by atoms with Crippen molar-refractivity contribution in [1.29, 1.82) is 0 Å². The highest BCUT2D eigenvalue weighted by Crippen LogP contribution is 2.34. The van der Waals surface area contributed by atoms with Crippen molar-refractivity contribution in [1.82, 2.24) is 9.71 Å². The van der Waals surface area contributed by atoms with Crippen LogP contribution in [-0.2, 0) is 4.74 Å². The molecule has 1 aliphatic rings. The molecule has 1 aromatic rings. The summed E-state index contributed by atoms with van der Waals surface area (Å²) in [6.45, 7) is 8.78. The van der Waals surface area contributed by atoms with Crippen LogP contribution in [-0.4, -0.2) is 22.1 Å². The van der Waals surface area contributed by atoms with Crippen molar-refractivity contribution in [3.05, 3.63) is 18.7 Å². The van der Waals surface area contributed by atoms with Crippen LogP contribution in [0.15, 0.2) is 18.7 Å². The molecule has 90 valence electrons. The molecule has 0 bridgehead atoms. The van der Waals surface area contributed by atoms with E-state index in [0.717, 1.165) is 0 Å². The van der Waals surface area contributed by atoms with Gasteiger partial charge >= 0.3 is 0 Å². The summed E-state index contributed by atoms with van der Waals surface area (Å²) in [5.74, 6) is 1.54. The van der Waals surface area contributed by atoms with Crippen LogP contribution < -0.4 is 4.84 Å². The van der Waals surface area contributed by atoms with Gasteiger partial charge in [0.05, 0.1) is 12.3 Å². The first-order chi connectivity index (χ1) is 7.59. The van der Waals surface area contributed by atoms with Crippen molar-refractivity contribution in [3.8, 4) is 0 Å². The minimum atomic E-state index is -0.185. The average molecular weight is 224 g/mol. The van der Waals surface area contributed by atoms with E-state index >= 15 is 0 Å². The van der Waals surface area contributed by atoms with Crippen molar-refractivity contribution in [3.63, 3.8) is 0 Å². The number of hydrogen-bond acceptors (Lipinski definition) is 3. The molecular weight excluding hydrogens is 204 g/mol. The van der Waals surface area contributed by atoms with Crippen LogP contribution in [0.4, 0.5) is 0 Å². The van der Waals surface area contributed by atoms with Gasteiger partial charge in [-0.3, -0.25) is 0 Å². The van der Waals surface area contributed by atoms with Gasteiger partial charge in [0, 0.05) is 12.1 Å². The van der Waals surface area contributed by atoms with Gasteiger partial charge in [-0.1, -0.05) is 20.8 Å². The van der Waals surface area contributed by atoms with E-state index in [1.165, 1.54) is 0 Å². The molecule has 1 fully saturated rings. The lowest BCUT2D eigenvalue weighted by Gasteiger charge is -2.41. The second-order valence-corrected chi connectivity index (χ2v) is 4.81. The molecule has 4 heteroatoms. The number of nitrogens with zero attached hydrogens (tertiary/aromatic N) is 2. The Bertz CT molecular complexity index is 326. The van der Waals surface area contributed by atoms with E-state index in [9.17, 15) is 0 Å². The molecule has 0 radical (unpaired) electrons. The number of ether oxygens (including phenoxy) is 1. The molecule has 4 nitrogen and oxygen atoms in total. The fraction of sp³-hybridized carbons (Fsp3) is 0.750. The Labute approximate surface area is 96.5 Å². The van der Waals surface area contributed by atoms with Gasteiger partial charge in [0.15, 0.2) is 0 Å². The van der Waals surface area contributed by atoms with Crippen molar-refractivity contribution in [2.75, 3.05) is 0 Å². The predicted molar refractivity (Wildman–Crippen MR) is 60.6 cm³/mol. The molecule has 2 unspecified atom stereocenters. The zero-order chi connectivity index (χ0) is 11.7. The van der Waals surface area contributed by atoms with Crippen molar-refractivity contribution in [2.45, 2.75) is 40.1 Å². The van der Waals surface area contributed by atoms with E-state index in [4.69, 9.17) is 9.57 Å². The Kier molecular flexibility index (Phi) is 3.19. The largest absolute Gasteiger partial charge is 0.381 e. The van der Waals surface area contributed by atoms with Gasteiger partial charge in [-0.2, -0.15) is 4.73 Å². The van der Waals surface area contributed by atoms with E-state index < -0.39 is 0 Å². The SMILES string of the molecule is CC1C(C)[C@H](C)[C@H](C)O[C@H]1On1ccnc1. The van der Waals surface area contributed by atoms with E-state index in [-0.39, 0.29) is 12.4 Å². The third kappa shape index (κ3) is 2.07. The summed E-state index contributed by atoms with van der Waals surface area (Å²) in [5, 5.41) is 0. The zero-order valence-electron chi connectivity index (χ0n) is 10.3. The maximum atomic E-state index is 5.88. The second kappa shape index (κ2) is 4.45. The van der Waals surface area contributed by atoms with Crippen LogP contribution in [0.2, 0.25) is 0 Å². The van der Waals surface area contributed by atoms with Gasteiger partial charge < -0.3 is 9.57 Å². The van der Waals surface area contributed by atoms with E-state index in [1.807, 2.05) is 0 Å². The number of imidazole rings is 1. The molecule has 2 rings (SSSR count). The maximum absolute atomic E-state index is 5.88. The fourth-order valence-corrected chi connectivity index (χ4v) is 2.16. The van der Waals surface area contributed by atoms with E-state index in [2.05, 4.69) is 32.7 Å². The van der Waals surface area contributed by atoms with Gasteiger partial charge in [-0.05, 0) is 18.8 Å². The van der Waals surface area contributed by atoms with Gasteiger partial charge in [-0.25, -0.2) is 4.98 Å². The van der Waals surface area contributed by atoms with Crippen LogP contribution in [0.25, 0.3) is 0 Å². The number of rotatable bonds is 2. The summed E-state index contributed by atoms with van der Waals surface area (Å²) in [5.41, 5.74) is 0. The molecule has 1 aromatic heterocycles. The molecule has 2 heterocycles. The van der Waals surface area contributed by atoms with Gasteiger partial charge in [0.25, 0.3) is 0 Å². The Morgan fingerprint density at radius 3 is 2.50 bits per heavy atom.